The van der Waals surface area contributed by atoms with E-state index in [1.165, 1.54) is 0 Å². The highest BCUT2D eigenvalue weighted by molar-refractivity contribution is 7.89. The fourth-order valence-corrected chi connectivity index (χ4v) is 5.98. The fraction of sp³-hybridized carbons (Fsp3) is 0.409. The van der Waals surface area contributed by atoms with Crippen molar-refractivity contribution in [3.05, 3.63) is 53.1 Å². The summed E-state index contributed by atoms with van der Waals surface area (Å²) in [6.45, 7) is 5.90. The predicted octanol–water partition coefficient (Wildman–Crippen LogP) is 3.54. The number of fused-ring (bicyclic) bond motifs is 1. The second-order valence-corrected chi connectivity index (χ2v) is 10.2. The SMILES string of the molecule is CCC(=O)N1c2ccc(S(=O)(=O)N3CCN(c4cccc(Cl)c4)CC3)cc2C[C@@H]1C. The van der Waals surface area contributed by atoms with Gasteiger partial charge in [0.15, 0.2) is 0 Å². The Morgan fingerprint density at radius 2 is 1.83 bits per heavy atom. The van der Waals surface area contributed by atoms with Crippen LogP contribution in [0, 0.1) is 0 Å². The van der Waals surface area contributed by atoms with Gasteiger partial charge in [-0.05, 0) is 55.3 Å². The Labute approximate surface area is 183 Å². The lowest BCUT2D eigenvalue weighted by atomic mass is 10.1. The van der Waals surface area contributed by atoms with E-state index in [2.05, 4.69) is 4.90 Å². The zero-order valence-corrected chi connectivity index (χ0v) is 18.8. The first-order valence-electron chi connectivity index (χ1n) is 10.3. The summed E-state index contributed by atoms with van der Waals surface area (Å²) in [6.07, 6.45) is 1.10. The first kappa shape index (κ1) is 21.2. The Balaban J connectivity index is 1.51. The molecule has 2 aliphatic rings. The fourth-order valence-electron chi connectivity index (χ4n) is 4.33. The van der Waals surface area contributed by atoms with Crippen LogP contribution in [-0.4, -0.2) is 50.9 Å². The molecule has 160 valence electrons. The molecule has 0 saturated carbocycles. The largest absolute Gasteiger partial charge is 0.369 e. The average molecular weight is 448 g/mol. The minimum atomic E-state index is -3.58. The van der Waals surface area contributed by atoms with Gasteiger partial charge in [-0.1, -0.05) is 24.6 Å². The summed E-state index contributed by atoms with van der Waals surface area (Å²) in [4.78, 5) is 16.5. The lowest BCUT2D eigenvalue weighted by Crippen LogP contribution is -2.48. The molecule has 1 fully saturated rings. The van der Waals surface area contributed by atoms with E-state index in [1.54, 1.807) is 27.4 Å². The standard InChI is InChI=1S/C22H26ClN3O3S/c1-3-22(27)26-16(2)13-17-14-20(7-8-21(17)26)30(28,29)25-11-9-24(10-12-25)19-6-4-5-18(23)15-19/h4-8,14-16H,3,9-13H2,1-2H3/t16-/m0/s1. The van der Waals surface area contributed by atoms with Gasteiger partial charge in [0.2, 0.25) is 15.9 Å². The summed E-state index contributed by atoms with van der Waals surface area (Å²) in [5.74, 6) is 0.0639. The highest BCUT2D eigenvalue weighted by Crippen LogP contribution is 2.35. The highest BCUT2D eigenvalue weighted by atomic mass is 35.5. The molecule has 0 bridgehead atoms. The second-order valence-electron chi connectivity index (χ2n) is 7.83. The topological polar surface area (TPSA) is 60.9 Å². The van der Waals surface area contributed by atoms with Crippen molar-refractivity contribution >= 4 is 38.9 Å². The molecule has 0 spiro atoms. The second kappa shape index (κ2) is 8.21. The molecule has 2 aromatic carbocycles. The molecule has 1 amide bonds. The Hall–Kier alpha value is -2.09. The Bertz CT molecular complexity index is 1070. The van der Waals surface area contributed by atoms with Gasteiger partial charge in [0.05, 0.1) is 4.90 Å². The van der Waals surface area contributed by atoms with E-state index in [0.29, 0.717) is 48.9 Å². The number of amides is 1. The van der Waals surface area contributed by atoms with E-state index in [4.69, 9.17) is 11.6 Å². The van der Waals surface area contributed by atoms with E-state index in [-0.39, 0.29) is 11.9 Å². The van der Waals surface area contributed by atoms with Crippen LogP contribution in [0.1, 0.15) is 25.8 Å². The van der Waals surface area contributed by atoms with Gasteiger partial charge in [-0.3, -0.25) is 4.79 Å². The monoisotopic (exact) mass is 447 g/mol. The third kappa shape index (κ3) is 3.82. The van der Waals surface area contributed by atoms with Crippen LogP contribution in [0.5, 0.6) is 0 Å². The van der Waals surface area contributed by atoms with Crippen LogP contribution in [0.25, 0.3) is 0 Å². The van der Waals surface area contributed by atoms with Crippen molar-refractivity contribution in [2.45, 2.75) is 37.6 Å². The summed E-state index contributed by atoms with van der Waals surface area (Å²) in [5, 5.41) is 0.672. The number of halogens is 1. The quantitative estimate of drug-likeness (QED) is 0.719. The van der Waals surface area contributed by atoms with Crippen molar-refractivity contribution in [2.24, 2.45) is 0 Å². The molecule has 2 aliphatic heterocycles. The minimum Gasteiger partial charge on any atom is -0.369 e. The van der Waals surface area contributed by atoms with Gasteiger partial charge in [-0.2, -0.15) is 4.31 Å². The van der Waals surface area contributed by atoms with Gasteiger partial charge >= 0.3 is 0 Å². The van der Waals surface area contributed by atoms with Crippen LogP contribution in [0.2, 0.25) is 5.02 Å². The molecule has 4 rings (SSSR count). The minimum absolute atomic E-state index is 0.0478. The maximum atomic E-state index is 13.2. The molecular formula is C22H26ClN3O3S. The van der Waals surface area contributed by atoms with E-state index in [1.807, 2.05) is 38.1 Å². The van der Waals surface area contributed by atoms with E-state index >= 15 is 0 Å². The molecule has 8 heteroatoms. The van der Waals surface area contributed by atoms with E-state index in [9.17, 15) is 13.2 Å². The smallest absolute Gasteiger partial charge is 0.243 e. The molecule has 1 atom stereocenters. The number of hydrogen-bond acceptors (Lipinski definition) is 4. The third-order valence-electron chi connectivity index (χ3n) is 5.89. The number of hydrogen-bond donors (Lipinski definition) is 0. The van der Waals surface area contributed by atoms with Crippen molar-refractivity contribution in [1.29, 1.82) is 0 Å². The van der Waals surface area contributed by atoms with Crippen LogP contribution in [0.15, 0.2) is 47.4 Å². The van der Waals surface area contributed by atoms with Gasteiger partial charge in [-0.15, -0.1) is 0 Å². The molecule has 0 N–H and O–H groups in total. The molecule has 0 aliphatic carbocycles. The van der Waals surface area contributed by atoms with Crippen LogP contribution >= 0.6 is 11.6 Å². The number of nitrogens with zero attached hydrogens (tertiary/aromatic N) is 3. The maximum absolute atomic E-state index is 13.2. The zero-order valence-electron chi connectivity index (χ0n) is 17.2. The number of carbonyl (C=O) groups is 1. The number of benzene rings is 2. The number of anilines is 2. The molecular weight excluding hydrogens is 422 g/mol. The third-order valence-corrected chi connectivity index (χ3v) is 8.02. The van der Waals surface area contributed by atoms with Crippen LogP contribution < -0.4 is 9.80 Å². The molecule has 2 heterocycles. The average Bonchev–Trinajstić information content (AvgIpc) is 3.08. The Morgan fingerprint density at radius 1 is 1.10 bits per heavy atom. The van der Waals surface area contributed by atoms with Crippen molar-refractivity contribution < 1.29 is 13.2 Å². The molecule has 6 nitrogen and oxygen atoms in total. The van der Waals surface area contributed by atoms with Gasteiger partial charge in [0.25, 0.3) is 0 Å². The molecule has 2 aromatic rings. The van der Waals surface area contributed by atoms with Gasteiger partial charge in [-0.25, -0.2) is 8.42 Å². The van der Waals surface area contributed by atoms with E-state index < -0.39 is 10.0 Å². The Morgan fingerprint density at radius 3 is 2.50 bits per heavy atom. The summed E-state index contributed by atoms with van der Waals surface area (Å²) < 4.78 is 28.0. The maximum Gasteiger partial charge on any atom is 0.243 e. The highest BCUT2D eigenvalue weighted by Gasteiger charge is 2.33. The van der Waals surface area contributed by atoms with E-state index in [0.717, 1.165) is 16.9 Å². The first-order chi connectivity index (χ1) is 14.3. The molecule has 0 unspecified atom stereocenters. The number of carbonyl (C=O) groups excluding carboxylic acids is 1. The summed E-state index contributed by atoms with van der Waals surface area (Å²) in [7, 11) is -3.58. The Kier molecular flexibility index (Phi) is 5.79. The molecule has 30 heavy (non-hydrogen) atoms. The van der Waals surface area contributed by atoms with Crippen molar-refractivity contribution in [3.63, 3.8) is 0 Å². The summed E-state index contributed by atoms with van der Waals surface area (Å²) >= 11 is 6.08. The number of piperazine rings is 1. The molecule has 0 radical (unpaired) electrons. The van der Waals surface area contributed by atoms with Gasteiger partial charge in [0, 0.05) is 55.0 Å². The van der Waals surface area contributed by atoms with Crippen LogP contribution in [-0.2, 0) is 21.2 Å². The summed E-state index contributed by atoms with van der Waals surface area (Å²) in [5.41, 5.74) is 2.76. The van der Waals surface area contributed by atoms with Crippen molar-refractivity contribution in [2.75, 3.05) is 36.0 Å². The van der Waals surface area contributed by atoms with Crippen LogP contribution in [0.4, 0.5) is 11.4 Å². The lowest BCUT2D eigenvalue weighted by molar-refractivity contribution is -0.118. The number of rotatable bonds is 4. The van der Waals surface area contributed by atoms with Gasteiger partial charge in [0.1, 0.15) is 0 Å². The molecule has 0 aromatic heterocycles. The number of sulfonamides is 1. The summed E-state index contributed by atoms with van der Waals surface area (Å²) in [6, 6.07) is 12.8. The lowest BCUT2D eigenvalue weighted by Gasteiger charge is -2.35. The normalized spacial score (nSPS) is 19.8. The van der Waals surface area contributed by atoms with Crippen LogP contribution in [0.3, 0.4) is 0 Å². The van der Waals surface area contributed by atoms with Gasteiger partial charge < -0.3 is 9.80 Å². The predicted molar refractivity (Wildman–Crippen MR) is 120 cm³/mol. The van der Waals surface area contributed by atoms with Crippen molar-refractivity contribution in [3.8, 4) is 0 Å². The first-order valence-corrected chi connectivity index (χ1v) is 12.1. The molecule has 1 saturated heterocycles. The van der Waals surface area contributed by atoms with Crippen molar-refractivity contribution in [1.82, 2.24) is 4.31 Å². The zero-order chi connectivity index (χ0) is 21.5.